The van der Waals surface area contributed by atoms with E-state index < -0.39 is 0 Å². The lowest BCUT2D eigenvalue weighted by molar-refractivity contribution is 0.619. The molecule has 0 saturated heterocycles. The van der Waals surface area contributed by atoms with Crippen molar-refractivity contribution in [3.8, 4) is 11.1 Å². The van der Waals surface area contributed by atoms with Crippen LogP contribution in [0.15, 0.2) is 72.8 Å². The predicted octanol–water partition coefficient (Wildman–Crippen LogP) is 7.83. The number of aryl methyl sites for hydroxylation is 2. The van der Waals surface area contributed by atoms with Crippen molar-refractivity contribution in [2.45, 2.75) is 45.8 Å². The summed E-state index contributed by atoms with van der Waals surface area (Å²) in [5.41, 5.74) is 8.79. The van der Waals surface area contributed by atoms with E-state index in [1.54, 1.807) is 0 Å². The Morgan fingerprint density at radius 3 is 2.54 bits per heavy atom. The zero-order valence-corrected chi connectivity index (χ0v) is 24.0. The van der Waals surface area contributed by atoms with E-state index >= 15 is 0 Å². The molecule has 1 aliphatic heterocycles. The Balaban J connectivity index is 1.45. The lowest BCUT2D eigenvalue weighted by Gasteiger charge is -2.13. The van der Waals surface area contributed by atoms with Gasteiger partial charge in [0.2, 0.25) is 0 Å². The fourth-order valence-corrected chi connectivity index (χ4v) is 5.97. The molecule has 3 heterocycles. The number of thiocarbonyl (C=S) groups is 1. The standard InChI is InChI=1S/C31H29Cl2N5S/c1-20-25(33)11-7-12-26(20)34-19-27-36-38-29(30(39)35-18-21-8-3-2-4-9-21)28(22-13-15-23(32)16-14-22)24-10-5-6-17-37(27)31(24)38/h2-4,7-9,11-16,34H,5-6,10,17-19H2,1H3,(H,35,39). The van der Waals surface area contributed by atoms with Gasteiger partial charge in [-0.05, 0) is 67.1 Å². The van der Waals surface area contributed by atoms with Crippen molar-refractivity contribution in [1.29, 1.82) is 0 Å². The van der Waals surface area contributed by atoms with E-state index in [1.165, 1.54) is 11.1 Å². The van der Waals surface area contributed by atoms with Crippen molar-refractivity contribution in [2.24, 2.45) is 0 Å². The van der Waals surface area contributed by atoms with E-state index in [0.29, 0.717) is 23.1 Å². The highest BCUT2D eigenvalue weighted by atomic mass is 35.5. The number of nitrogens with zero attached hydrogens (tertiary/aromatic N) is 3. The predicted molar refractivity (Wildman–Crippen MR) is 165 cm³/mol. The Bertz CT molecular complexity index is 1650. The summed E-state index contributed by atoms with van der Waals surface area (Å²) in [7, 11) is 0. The highest BCUT2D eigenvalue weighted by Crippen LogP contribution is 2.37. The molecule has 5 nitrogen and oxygen atoms in total. The van der Waals surface area contributed by atoms with Gasteiger partial charge in [-0.25, -0.2) is 4.52 Å². The van der Waals surface area contributed by atoms with Crippen LogP contribution in [0.5, 0.6) is 0 Å². The number of nitrogens with one attached hydrogen (secondary N) is 2. The van der Waals surface area contributed by atoms with Crippen LogP contribution >= 0.6 is 35.4 Å². The van der Waals surface area contributed by atoms with Crippen molar-refractivity contribution >= 4 is 51.7 Å². The summed E-state index contributed by atoms with van der Waals surface area (Å²) in [6, 6.07) is 24.3. The molecule has 0 bridgehead atoms. The van der Waals surface area contributed by atoms with Crippen molar-refractivity contribution < 1.29 is 0 Å². The van der Waals surface area contributed by atoms with Crippen LogP contribution in [0.4, 0.5) is 5.69 Å². The van der Waals surface area contributed by atoms with Crippen LogP contribution in [0.3, 0.4) is 0 Å². The molecular weight excluding hydrogens is 545 g/mol. The number of rotatable bonds is 7. The Kier molecular flexibility index (Phi) is 7.34. The quantitative estimate of drug-likeness (QED) is 0.195. The van der Waals surface area contributed by atoms with Crippen LogP contribution in [0.2, 0.25) is 10.0 Å². The Morgan fingerprint density at radius 1 is 0.949 bits per heavy atom. The van der Waals surface area contributed by atoms with Crippen molar-refractivity contribution in [1.82, 2.24) is 19.5 Å². The van der Waals surface area contributed by atoms with Gasteiger partial charge in [0, 0.05) is 39.9 Å². The zero-order valence-electron chi connectivity index (χ0n) is 21.7. The first-order chi connectivity index (χ1) is 19.0. The van der Waals surface area contributed by atoms with E-state index in [0.717, 1.165) is 70.4 Å². The second-order valence-electron chi connectivity index (χ2n) is 9.90. The molecule has 6 rings (SSSR count). The third kappa shape index (κ3) is 5.05. The minimum Gasteiger partial charge on any atom is -0.377 e. The fraction of sp³-hybridized carbons (Fsp3) is 0.226. The molecule has 3 aromatic carbocycles. The zero-order chi connectivity index (χ0) is 26.9. The first-order valence-electron chi connectivity index (χ1n) is 13.2. The molecule has 0 spiro atoms. The minimum atomic E-state index is 0.586. The summed E-state index contributed by atoms with van der Waals surface area (Å²) in [4.78, 5) is 0.681. The highest BCUT2D eigenvalue weighted by Gasteiger charge is 2.29. The van der Waals surface area contributed by atoms with Gasteiger partial charge in [-0.2, -0.15) is 5.10 Å². The molecule has 0 unspecified atom stereocenters. The second kappa shape index (κ2) is 11.0. The molecule has 0 atom stereocenters. The van der Waals surface area contributed by atoms with Gasteiger partial charge in [-0.3, -0.25) is 0 Å². The molecule has 0 radical (unpaired) electrons. The number of aromatic nitrogens is 3. The number of halogens is 2. The lowest BCUT2D eigenvalue weighted by Crippen LogP contribution is -2.24. The second-order valence-corrected chi connectivity index (χ2v) is 11.2. The first kappa shape index (κ1) is 25.9. The van der Waals surface area contributed by atoms with Gasteiger partial charge in [0.25, 0.3) is 0 Å². The first-order valence-corrected chi connectivity index (χ1v) is 14.4. The van der Waals surface area contributed by atoms with E-state index in [1.807, 2.05) is 49.4 Å². The van der Waals surface area contributed by atoms with E-state index in [9.17, 15) is 0 Å². The van der Waals surface area contributed by atoms with Crippen molar-refractivity contribution in [3.63, 3.8) is 0 Å². The maximum absolute atomic E-state index is 6.37. The summed E-state index contributed by atoms with van der Waals surface area (Å²) in [5, 5.41) is 13.7. The third-order valence-corrected chi connectivity index (χ3v) is 8.41. The van der Waals surface area contributed by atoms with E-state index in [2.05, 4.69) is 50.0 Å². The van der Waals surface area contributed by atoms with Crippen LogP contribution in [0, 0.1) is 6.92 Å². The summed E-state index contributed by atoms with van der Waals surface area (Å²) in [6.45, 7) is 4.17. The Hall–Kier alpha value is -3.32. The highest BCUT2D eigenvalue weighted by molar-refractivity contribution is 7.80. The average molecular weight is 575 g/mol. The molecule has 2 aromatic heterocycles. The van der Waals surface area contributed by atoms with Crippen LogP contribution < -0.4 is 10.6 Å². The van der Waals surface area contributed by atoms with Gasteiger partial charge >= 0.3 is 0 Å². The molecule has 0 aliphatic carbocycles. The van der Waals surface area contributed by atoms with E-state index in [4.69, 9.17) is 40.5 Å². The molecule has 2 N–H and O–H groups in total. The Morgan fingerprint density at radius 2 is 1.74 bits per heavy atom. The summed E-state index contributed by atoms with van der Waals surface area (Å²) in [5.74, 6) is 0.974. The molecule has 198 valence electrons. The SMILES string of the molecule is Cc1c(Cl)cccc1NCc1nn2c(C(=S)NCc3ccccc3)c(-c3ccc(Cl)cc3)c3c2n1CCCC3. The van der Waals surface area contributed by atoms with Crippen LogP contribution in [0.1, 0.15) is 41.1 Å². The van der Waals surface area contributed by atoms with Crippen molar-refractivity contribution in [2.75, 3.05) is 5.32 Å². The van der Waals surface area contributed by atoms with Gasteiger partial charge in [-0.1, -0.05) is 84.0 Å². The van der Waals surface area contributed by atoms with Crippen LogP contribution in [-0.4, -0.2) is 19.2 Å². The van der Waals surface area contributed by atoms with Gasteiger partial charge < -0.3 is 15.2 Å². The van der Waals surface area contributed by atoms with E-state index in [-0.39, 0.29) is 0 Å². The molecular formula is C31H29Cl2N5S. The number of hydrogen-bond donors (Lipinski definition) is 2. The topological polar surface area (TPSA) is 46.3 Å². The van der Waals surface area contributed by atoms with Gasteiger partial charge in [0.05, 0.1) is 6.54 Å². The smallest absolute Gasteiger partial charge is 0.150 e. The average Bonchev–Trinajstić information content (AvgIpc) is 3.35. The summed E-state index contributed by atoms with van der Waals surface area (Å²) < 4.78 is 4.42. The van der Waals surface area contributed by atoms with Crippen LogP contribution in [0.25, 0.3) is 16.8 Å². The molecule has 39 heavy (non-hydrogen) atoms. The fourth-order valence-electron chi connectivity index (χ4n) is 5.41. The lowest BCUT2D eigenvalue weighted by atomic mass is 9.98. The molecule has 1 aliphatic rings. The number of benzene rings is 3. The van der Waals surface area contributed by atoms with Gasteiger partial charge in [0.1, 0.15) is 16.3 Å². The molecule has 8 heteroatoms. The maximum atomic E-state index is 6.37. The molecule has 0 saturated carbocycles. The molecule has 0 fully saturated rings. The summed E-state index contributed by atoms with van der Waals surface area (Å²) in [6.07, 6.45) is 3.16. The van der Waals surface area contributed by atoms with Crippen molar-refractivity contribution in [3.05, 3.63) is 111 Å². The molecule has 5 aromatic rings. The molecule has 0 amide bonds. The Labute approximate surface area is 243 Å². The third-order valence-electron chi connectivity index (χ3n) is 7.41. The minimum absolute atomic E-state index is 0.586. The summed E-state index contributed by atoms with van der Waals surface area (Å²) >= 11 is 18.7. The number of anilines is 1. The number of hydrogen-bond acceptors (Lipinski definition) is 3. The maximum Gasteiger partial charge on any atom is 0.150 e. The van der Waals surface area contributed by atoms with Gasteiger partial charge in [-0.15, -0.1) is 0 Å². The monoisotopic (exact) mass is 573 g/mol. The van der Waals surface area contributed by atoms with Gasteiger partial charge in [0.15, 0.2) is 5.82 Å². The normalized spacial score (nSPS) is 12.9. The van der Waals surface area contributed by atoms with Crippen LogP contribution in [-0.2, 0) is 26.1 Å². The largest absolute Gasteiger partial charge is 0.377 e.